The molecule has 0 aromatic heterocycles. The average Bonchev–Trinajstić information content (AvgIpc) is 2.70. The second-order valence-corrected chi connectivity index (χ2v) is 7.23. The van der Waals surface area contributed by atoms with E-state index in [0.717, 1.165) is 31.9 Å². The molecule has 1 aromatic carbocycles. The molecule has 158 valence electrons. The molecule has 29 heavy (non-hydrogen) atoms. The summed E-state index contributed by atoms with van der Waals surface area (Å²) >= 11 is 0. The monoisotopic (exact) mass is 403 g/mol. The number of Topliss-reactive ketones (excluding diaryl/α,β-unsaturated/α-hetero) is 1. The number of anilines is 1. The summed E-state index contributed by atoms with van der Waals surface area (Å²) in [4.78, 5) is 51.5. The third kappa shape index (κ3) is 7.19. The lowest BCUT2D eigenvalue weighted by Crippen LogP contribution is -2.48. The molecule has 0 saturated carbocycles. The minimum atomic E-state index is -0.806. The van der Waals surface area contributed by atoms with Gasteiger partial charge in [0, 0.05) is 37.4 Å². The Morgan fingerprint density at radius 2 is 1.72 bits per heavy atom. The van der Waals surface area contributed by atoms with E-state index in [1.165, 1.54) is 13.8 Å². The Balaban J connectivity index is 1.82. The standard InChI is InChI=1S/C20H29N5O4/c1-14(26)12-21-19(28)15(2)23-18(27)13-22-20(29)16-5-4-6-17(11-16)25-9-7-24(3)8-10-25/h4-6,11,15H,7-10,12-13H2,1-3H3,(H,21,28)(H,22,29)(H,23,27)/t15-/m0/s1. The molecule has 0 radical (unpaired) electrons. The molecule has 1 saturated heterocycles. The van der Waals surface area contributed by atoms with Gasteiger partial charge in [-0.1, -0.05) is 6.07 Å². The first-order chi connectivity index (χ1) is 13.8. The first kappa shape index (κ1) is 22.4. The molecule has 1 fully saturated rings. The molecular weight excluding hydrogens is 374 g/mol. The quantitative estimate of drug-likeness (QED) is 0.534. The molecule has 1 heterocycles. The summed E-state index contributed by atoms with van der Waals surface area (Å²) in [7, 11) is 2.08. The summed E-state index contributed by atoms with van der Waals surface area (Å²) in [6.07, 6.45) is 0. The molecule has 0 spiro atoms. The van der Waals surface area contributed by atoms with Crippen LogP contribution in [0.5, 0.6) is 0 Å². The molecule has 1 aliphatic heterocycles. The number of rotatable bonds is 8. The zero-order valence-electron chi connectivity index (χ0n) is 17.2. The molecule has 1 atom stereocenters. The number of hydrogen-bond acceptors (Lipinski definition) is 6. The zero-order chi connectivity index (χ0) is 21.4. The molecule has 0 unspecified atom stereocenters. The summed E-state index contributed by atoms with van der Waals surface area (Å²) in [5.41, 5.74) is 1.45. The van der Waals surface area contributed by atoms with Crippen LogP contribution in [0.3, 0.4) is 0 Å². The number of carbonyl (C=O) groups is 4. The maximum absolute atomic E-state index is 12.4. The number of nitrogens with one attached hydrogen (secondary N) is 3. The van der Waals surface area contributed by atoms with Crippen LogP contribution >= 0.6 is 0 Å². The van der Waals surface area contributed by atoms with Crippen LogP contribution in [-0.2, 0) is 14.4 Å². The fourth-order valence-corrected chi connectivity index (χ4v) is 2.89. The van der Waals surface area contributed by atoms with Crippen LogP contribution in [0.15, 0.2) is 24.3 Å². The topological polar surface area (TPSA) is 111 Å². The van der Waals surface area contributed by atoms with Crippen LogP contribution < -0.4 is 20.9 Å². The number of benzene rings is 1. The van der Waals surface area contributed by atoms with Crippen molar-refractivity contribution in [1.29, 1.82) is 0 Å². The van der Waals surface area contributed by atoms with E-state index in [4.69, 9.17) is 0 Å². The predicted octanol–water partition coefficient (Wildman–Crippen LogP) is -0.622. The van der Waals surface area contributed by atoms with E-state index in [1.54, 1.807) is 6.07 Å². The minimum Gasteiger partial charge on any atom is -0.369 e. The van der Waals surface area contributed by atoms with Crippen LogP contribution in [0.4, 0.5) is 5.69 Å². The van der Waals surface area contributed by atoms with E-state index in [0.29, 0.717) is 5.56 Å². The van der Waals surface area contributed by atoms with Crippen molar-refractivity contribution in [3.8, 4) is 0 Å². The van der Waals surface area contributed by atoms with Gasteiger partial charge in [-0.3, -0.25) is 19.2 Å². The van der Waals surface area contributed by atoms with Gasteiger partial charge in [0.2, 0.25) is 11.8 Å². The van der Waals surface area contributed by atoms with Crippen LogP contribution in [0, 0.1) is 0 Å². The molecule has 1 aliphatic rings. The molecule has 1 aromatic rings. The Morgan fingerprint density at radius 3 is 2.38 bits per heavy atom. The van der Waals surface area contributed by atoms with E-state index >= 15 is 0 Å². The van der Waals surface area contributed by atoms with Gasteiger partial charge in [-0.05, 0) is 39.1 Å². The summed E-state index contributed by atoms with van der Waals surface area (Å²) in [5.74, 6) is -1.48. The Morgan fingerprint density at radius 1 is 1.03 bits per heavy atom. The van der Waals surface area contributed by atoms with Gasteiger partial charge in [0.05, 0.1) is 13.1 Å². The second-order valence-electron chi connectivity index (χ2n) is 7.23. The van der Waals surface area contributed by atoms with Gasteiger partial charge >= 0.3 is 0 Å². The lowest BCUT2D eigenvalue weighted by atomic mass is 10.1. The normalized spacial score (nSPS) is 15.3. The first-order valence-electron chi connectivity index (χ1n) is 9.64. The van der Waals surface area contributed by atoms with Crippen molar-refractivity contribution in [1.82, 2.24) is 20.9 Å². The molecule has 2 rings (SSSR count). The highest BCUT2D eigenvalue weighted by Gasteiger charge is 2.18. The lowest BCUT2D eigenvalue weighted by Gasteiger charge is -2.34. The fourth-order valence-electron chi connectivity index (χ4n) is 2.89. The van der Waals surface area contributed by atoms with Crippen LogP contribution in [0.2, 0.25) is 0 Å². The van der Waals surface area contributed by atoms with Crippen molar-refractivity contribution in [3.63, 3.8) is 0 Å². The largest absolute Gasteiger partial charge is 0.369 e. The molecule has 3 N–H and O–H groups in total. The highest BCUT2D eigenvalue weighted by molar-refractivity contribution is 5.98. The maximum Gasteiger partial charge on any atom is 0.251 e. The van der Waals surface area contributed by atoms with Gasteiger partial charge in [-0.2, -0.15) is 0 Å². The number of ketones is 1. The number of likely N-dealkylation sites (N-methyl/N-ethyl adjacent to an activating group) is 1. The van der Waals surface area contributed by atoms with Crippen molar-refractivity contribution >= 4 is 29.2 Å². The van der Waals surface area contributed by atoms with Gasteiger partial charge in [-0.25, -0.2) is 0 Å². The zero-order valence-corrected chi connectivity index (χ0v) is 17.2. The van der Waals surface area contributed by atoms with Crippen molar-refractivity contribution in [2.24, 2.45) is 0 Å². The number of piperazine rings is 1. The maximum atomic E-state index is 12.4. The van der Waals surface area contributed by atoms with Gasteiger partial charge in [0.15, 0.2) is 0 Å². The molecule has 0 bridgehead atoms. The van der Waals surface area contributed by atoms with Gasteiger partial charge < -0.3 is 25.8 Å². The average molecular weight is 403 g/mol. The van der Waals surface area contributed by atoms with Crippen LogP contribution in [0.25, 0.3) is 0 Å². The second kappa shape index (κ2) is 10.6. The van der Waals surface area contributed by atoms with Crippen molar-refractivity contribution in [3.05, 3.63) is 29.8 Å². The first-order valence-corrected chi connectivity index (χ1v) is 9.64. The minimum absolute atomic E-state index is 0.0839. The van der Waals surface area contributed by atoms with Gasteiger partial charge in [0.1, 0.15) is 11.8 Å². The summed E-state index contributed by atoms with van der Waals surface area (Å²) in [6.45, 7) is 6.26. The lowest BCUT2D eigenvalue weighted by molar-refractivity contribution is -0.129. The summed E-state index contributed by atoms with van der Waals surface area (Å²) in [6, 6.07) is 6.50. The van der Waals surface area contributed by atoms with Crippen molar-refractivity contribution in [2.75, 3.05) is 51.2 Å². The predicted molar refractivity (Wildman–Crippen MR) is 110 cm³/mol. The number of hydrogen-bond donors (Lipinski definition) is 3. The number of amides is 3. The third-order valence-corrected chi connectivity index (χ3v) is 4.67. The Kier molecular flexibility index (Phi) is 8.14. The van der Waals surface area contributed by atoms with Gasteiger partial charge in [-0.15, -0.1) is 0 Å². The van der Waals surface area contributed by atoms with E-state index < -0.39 is 17.9 Å². The smallest absolute Gasteiger partial charge is 0.251 e. The van der Waals surface area contributed by atoms with Crippen LogP contribution in [0.1, 0.15) is 24.2 Å². The van der Waals surface area contributed by atoms with Crippen molar-refractivity contribution in [2.45, 2.75) is 19.9 Å². The highest BCUT2D eigenvalue weighted by atomic mass is 16.2. The fraction of sp³-hybridized carbons (Fsp3) is 0.500. The molecular formula is C20H29N5O4. The number of carbonyl (C=O) groups excluding carboxylic acids is 4. The Bertz CT molecular complexity index is 759. The Hall–Kier alpha value is -2.94. The van der Waals surface area contributed by atoms with E-state index in [9.17, 15) is 19.2 Å². The molecule has 0 aliphatic carbocycles. The van der Waals surface area contributed by atoms with E-state index in [2.05, 4.69) is 32.8 Å². The summed E-state index contributed by atoms with van der Waals surface area (Å²) in [5, 5.41) is 7.47. The summed E-state index contributed by atoms with van der Waals surface area (Å²) < 4.78 is 0. The van der Waals surface area contributed by atoms with Crippen LogP contribution in [-0.4, -0.2) is 80.8 Å². The molecule has 9 nitrogen and oxygen atoms in total. The Labute approximate surface area is 170 Å². The highest BCUT2D eigenvalue weighted by Crippen LogP contribution is 2.17. The van der Waals surface area contributed by atoms with E-state index in [-0.39, 0.29) is 24.8 Å². The molecule has 3 amide bonds. The van der Waals surface area contributed by atoms with Crippen molar-refractivity contribution < 1.29 is 19.2 Å². The SMILES string of the molecule is CC(=O)CNC(=O)[C@H](C)NC(=O)CNC(=O)c1cccc(N2CCN(C)CC2)c1. The third-order valence-electron chi connectivity index (χ3n) is 4.67. The van der Waals surface area contributed by atoms with E-state index in [1.807, 2.05) is 18.2 Å². The van der Waals surface area contributed by atoms with Gasteiger partial charge in [0.25, 0.3) is 5.91 Å². The number of nitrogens with zero attached hydrogens (tertiary/aromatic N) is 2. The molecule has 9 heteroatoms.